The smallest absolute Gasteiger partial charge is 0.286 e. The molecular formula is C32H34F2N4O4S. The largest absolute Gasteiger partial charge is 0.497 e. The summed E-state index contributed by atoms with van der Waals surface area (Å²) in [5.74, 6) is -1.32. The van der Waals surface area contributed by atoms with Gasteiger partial charge in [-0.15, -0.1) is 0 Å². The zero-order chi connectivity index (χ0) is 30.6. The first-order valence-electron chi connectivity index (χ1n) is 14.1. The van der Waals surface area contributed by atoms with Crippen LogP contribution in [-0.4, -0.2) is 49.6 Å². The molecule has 4 aromatic rings. The first-order chi connectivity index (χ1) is 20.7. The standard InChI is InChI=1S/C32H34F2N4O4S/c1-22-28(42-27-16-18-37(19-17-27)23(2)25-8-5-4-6-9-25)20-35-32(31(22)34)43(39,40)38(30-11-7-10-29(33)36-30)21-24-12-14-26(41-3)15-13-24/h4-15,20,23,27H,16-19,21H2,1-3H3/t23-/m1/s1. The fourth-order valence-corrected chi connectivity index (χ4v) is 6.61. The lowest BCUT2D eigenvalue weighted by atomic mass is 10.0. The molecule has 5 rings (SSSR count). The number of piperidine rings is 1. The number of halogens is 2. The van der Waals surface area contributed by atoms with E-state index >= 15 is 4.39 Å². The topological polar surface area (TPSA) is 84.9 Å². The number of nitrogens with zero attached hydrogens (tertiary/aromatic N) is 4. The number of hydrogen-bond acceptors (Lipinski definition) is 7. The Hall–Kier alpha value is -4.09. The van der Waals surface area contributed by atoms with Gasteiger partial charge in [-0.05, 0) is 62.1 Å². The van der Waals surface area contributed by atoms with Crippen molar-refractivity contribution in [2.45, 2.75) is 50.4 Å². The number of rotatable bonds is 10. The number of ether oxygens (including phenoxy) is 2. The predicted octanol–water partition coefficient (Wildman–Crippen LogP) is 6.07. The maximum Gasteiger partial charge on any atom is 0.286 e. The molecule has 1 aliphatic heterocycles. The summed E-state index contributed by atoms with van der Waals surface area (Å²) in [5, 5.41) is -0.788. The summed E-state index contributed by atoms with van der Waals surface area (Å²) in [6.45, 7) is 5.02. The Morgan fingerprint density at radius 2 is 1.70 bits per heavy atom. The summed E-state index contributed by atoms with van der Waals surface area (Å²) < 4.78 is 69.7. The molecule has 1 fully saturated rings. The molecule has 11 heteroatoms. The quantitative estimate of drug-likeness (QED) is 0.202. The van der Waals surface area contributed by atoms with Crippen molar-refractivity contribution in [1.82, 2.24) is 14.9 Å². The van der Waals surface area contributed by atoms with Gasteiger partial charge in [0.05, 0.1) is 19.9 Å². The van der Waals surface area contributed by atoms with Crippen LogP contribution in [0.2, 0.25) is 0 Å². The van der Waals surface area contributed by atoms with Gasteiger partial charge in [0.15, 0.2) is 5.82 Å². The van der Waals surface area contributed by atoms with Crippen LogP contribution in [0.4, 0.5) is 14.6 Å². The maximum atomic E-state index is 15.8. The second kappa shape index (κ2) is 13.0. The molecule has 0 N–H and O–H groups in total. The summed E-state index contributed by atoms with van der Waals surface area (Å²) >= 11 is 0. The van der Waals surface area contributed by atoms with E-state index in [4.69, 9.17) is 9.47 Å². The molecule has 0 unspecified atom stereocenters. The third-order valence-electron chi connectivity index (χ3n) is 7.76. The van der Waals surface area contributed by atoms with Crippen LogP contribution in [0.5, 0.6) is 11.5 Å². The molecule has 8 nitrogen and oxygen atoms in total. The third kappa shape index (κ3) is 6.78. The van der Waals surface area contributed by atoms with Crippen LogP contribution in [0.15, 0.2) is 84.0 Å². The van der Waals surface area contributed by atoms with Gasteiger partial charge in [0.1, 0.15) is 23.4 Å². The van der Waals surface area contributed by atoms with E-state index in [1.54, 1.807) is 24.3 Å². The second-order valence-corrected chi connectivity index (χ2v) is 12.3. The molecule has 2 aromatic carbocycles. The molecule has 0 aliphatic carbocycles. The lowest BCUT2D eigenvalue weighted by molar-refractivity contribution is 0.0786. The van der Waals surface area contributed by atoms with E-state index < -0.39 is 26.8 Å². The highest BCUT2D eigenvalue weighted by Gasteiger charge is 2.33. The Balaban J connectivity index is 1.35. The predicted molar refractivity (Wildman–Crippen MR) is 160 cm³/mol. The van der Waals surface area contributed by atoms with Gasteiger partial charge in [0.2, 0.25) is 11.0 Å². The molecule has 1 saturated heterocycles. The average molecular weight is 609 g/mol. The Kier molecular flexibility index (Phi) is 9.22. The van der Waals surface area contributed by atoms with Gasteiger partial charge in [-0.3, -0.25) is 4.90 Å². The number of likely N-dealkylation sites (tertiary alicyclic amines) is 1. The van der Waals surface area contributed by atoms with Crippen molar-refractivity contribution in [1.29, 1.82) is 0 Å². The number of pyridine rings is 2. The van der Waals surface area contributed by atoms with Crippen LogP contribution < -0.4 is 13.8 Å². The minimum Gasteiger partial charge on any atom is -0.497 e. The Bertz CT molecular complexity index is 1650. The molecule has 2 aromatic heterocycles. The molecule has 0 radical (unpaired) electrons. The lowest BCUT2D eigenvalue weighted by Crippen LogP contribution is -2.39. The fourth-order valence-electron chi connectivity index (χ4n) is 5.17. The summed E-state index contributed by atoms with van der Waals surface area (Å²) in [7, 11) is -3.09. The van der Waals surface area contributed by atoms with Gasteiger partial charge in [-0.1, -0.05) is 48.5 Å². The van der Waals surface area contributed by atoms with Gasteiger partial charge in [-0.25, -0.2) is 18.7 Å². The van der Waals surface area contributed by atoms with E-state index in [1.807, 2.05) is 18.2 Å². The van der Waals surface area contributed by atoms with Crippen molar-refractivity contribution < 1.29 is 26.7 Å². The van der Waals surface area contributed by atoms with Crippen molar-refractivity contribution in [3.05, 3.63) is 107 Å². The number of hydrogen-bond donors (Lipinski definition) is 0. The van der Waals surface area contributed by atoms with Crippen LogP contribution in [0, 0.1) is 18.7 Å². The minimum absolute atomic E-state index is 0.0326. The first-order valence-corrected chi connectivity index (χ1v) is 15.5. The lowest BCUT2D eigenvalue weighted by Gasteiger charge is -2.36. The summed E-state index contributed by atoms with van der Waals surface area (Å²) in [4.78, 5) is 10.2. The van der Waals surface area contributed by atoms with Gasteiger partial charge in [0.25, 0.3) is 10.0 Å². The number of sulfonamides is 1. The second-order valence-electron chi connectivity index (χ2n) is 10.5. The van der Waals surface area contributed by atoms with Crippen LogP contribution in [-0.2, 0) is 16.6 Å². The molecule has 0 amide bonds. The van der Waals surface area contributed by atoms with Crippen molar-refractivity contribution in [2.24, 2.45) is 0 Å². The minimum atomic E-state index is -4.61. The molecule has 43 heavy (non-hydrogen) atoms. The summed E-state index contributed by atoms with van der Waals surface area (Å²) in [6.07, 6.45) is 2.55. The fraction of sp³-hybridized carbons (Fsp3) is 0.312. The molecule has 0 bridgehead atoms. The van der Waals surface area contributed by atoms with Crippen molar-refractivity contribution in [3.63, 3.8) is 0 Å². The molecule has 0 spiro atoms. The van der Waals surface area contributed by atoms with Crippen molar-refractivity contribution >= 4 is 15.8 Å². The number of methoxy groups -OCH3 is 1. The van der Waals surface area contributed by atoms with Crippen molar-refractivity contribution in [2.75, 3.05) is 24.5 Å². The van der Waals surface area contributed by atoms with E-state index in [-0.39, 0.29) is 35.8 Å². The Morgan fingerprint density at radius 3 is 2.35 bits per heavy atom. The molecular weight excluding hydrogens is 574 g/mol. The van der Waals surface area contributed by atoms with Gasteiger partial charge < -0.3 is 9.47 Å². The Labute approximate surface area is 251 Å². The molecule has 0 saturated carbocycles. The number of anilines is 1. The number of aromatic nitrogens is 2. The van der Waals surface area contributed by atoms with Gasteiger partial charge in [-0.2, -0.15) is 12.8 Å². The highest BCUT2D eigenvalue weighted by atomic mass is 32.2. The normalized spacial score (nSPS) is 15.2. The van der Waals surface area contributed by atoms with Gasteiger partial charge >= 0.3 is 0 Å². The van der Waals surface area contributed by atoms with E-state index in [0.717, 1.165) is 36.3 Å². The van der Waals surface area contributed by atoms with E-state index in [2.05, 4.69) is 33.9 Å². The first kappa shape index (κ1) is 30.4. The number of benzene rings is 2. The van der Waals surface area contributed by atoms with Gasteiger partial charge in [0, 0.05) is 24.7 Å². The molecule has 1 aliphatic rings. The molecule has 1 atom stereocenters. The zero-order valence-electron chi connectivity index (χ0n) is 24.3. The monoisotopic (exact) mass is 608 g/mol. The van der Waals surface area contributed by atoms with Crippen LogP contribution >= 0.6 is 0 Å². The van der Waals surface area contributed by atoms with Crippen LogP contribution in [0.25, 0.3) is 0 Å². The Morgan fingerprint density at radius 1 is 1.00 bits per heavy atom. The SMILES string of the molecule is COc1ccc(CN(c2cccc(F)n2)S(=O)(=O)c2ncc(OC3CCN([C@H](C)c4ccccc4)CC3)c(C)c2F)cc1. The van der Waals surface area contributed by atoms with E-state index in [9.17, 15) is 12.8 Å². The maximum absolute atomic E-state index is 15.8. The van der Waals surface area contributed by atoms with Crippen molar-refractivity contribution in [3.8, 4) is 11.5 Å². The van der Waals surface area contributed by atoms with Crippen LogP contribution in [0.1, 0.15) is 42.5 Å². The average Bonchev–Trinajstić information content (AvgIpc) is 3.02. The zero-order valence-corrected chi connectivity index (χ0v) is 25.1. The van der Waals surface area contributed by atoms with Crippen LogP contribution in [0.3, 0.4) is 0 Å². The molecule has 3 heterocycles. The third-order valence-corrected chi connectivity index (χ3v) is 9.43. The summed E-state index contributed by atoms with van der Waals surface area (Å²) in [6, 6.07) is 21.0. The van der Waals surface area contributed by atoms with E-state index in [0.29, 0.717) is 11.3 Å². The summed E-state index contributed by atoms with van der Waals surface area (Å²) in [5.41, 5.74) is 1.83. The molecule has 226 valence electrons. The highest BCUT2D eigenvalue weighted by molar-refractivity contribution is 7.92. The highest BCUT2D eigenvalue weighted by Crippen LogP contribution is 2.32. The van der Waals surface area contributed by atoms with E-state index in [1.165, 1.54) is 37.9 Å².